The molecule has 124 valence electrons. The molecular weight excluding hydrogens is 296 g/mol. The van der Waals surface area contributed by atoms with Crippen LogP contribution in [0.5, 0.6) is 0 Å². The predicted molar refractivity (Wildman–Crippen MR) is 92.4 cm³/mol. The number of thioether (sulfide) groups is 1. The second kappa shape index (κ2) is 7.55. The first-order valence-corrected chi connectivity index (χ1v) is 9.06. The minimum absolute atomic E-state index is 0.0137. The van der Waals surface area contributed by atoms with Crippen molar-refractivity contribution in [3.8, 4) is 0 Å². The number of amides is 1. The molecule has 0 aromatic carbocycles. The van der Waals surface area contributed by atoms with Crippen LogP contribution in [0.2, 0.25) is 0 Å². The van der Waals surface area contributed by atoms with Crippen LogP contribution in [0, 0.1) is 0 Å². The lowest BCUT2D eigenvalue weighted by Crippen LogP contribution is -2.47. The quantitative estimate of drug-likeness (QED) is 0.902. The molecule has 1 saturated heterocycles. The number of hydrogen-bond donors (Lipinski definition) is 1. The third-order valence-electron chi connectivity index (χ3n) is 3.80. The first kappa shape index (κ1) is 17.4. The third-order valence-corrected chi connectivity index (χ3v) is 5.33. The SMILES string of the molecule is C[C@H](CSC(C)(C)C)NC1CCN(C(=O)c2ccco2)CC1. The summed E-state index contributed by atoms with van der Waals surface area (Å²) < 4.78 is 5.51. The largest absolute Gasteiger partial charge is 0.459 e. The number of rotatable bonds is 5. The van der Waals surface area contributed by atoms with E-state index in [9.17, 15) is 4.79 Å². The van der Waals surface area contributed by atoms with E-state index >= 15 is 0 Å². The Hall–Kier alpha value is -0.940. The zero-order chi connectivity index (χ0) is 16.2. The van der Waals surface area contributed by atoms with Gasteiger partial charge < -0.3 is 14.6 Å². The van der Waals surface area contributed by atoms with E-state index in [1.165, 1.54) is 0 Å². The maximum absolute atomic E-state index is 12.2. The van der Waals surface area contributed by atoms with E-state index in [1.54, 1.807) is 18.4 Å². The van der Waals surface area contributed by atoms with E-state index in [0.29, 0.717) is 22.6 Å². The first-order chi connectivity index (χ1) is 10.3. The molecule has 0 saturated carbocycles. The van der Waals surface area contributed by atoms with Crippen LogP contribution in [-0.2, 0) is 0 Å². The highest BCUT2D eigenvalue weighted by Gasteiger charge is 2.25. The molecule has 1 aromatic heterocycles. The predicted octanol–water partition coefficient (Wildman–Crippen LogP) is 3.39. The zero-order valence-corrected chi connectivity index (χ0v) is 14.9. The van der Waals surface area contributed by atoms with Crippen molar-refractivity contribution in [3.05, 3.63) is 24.2 Å². The Kier molecular flexibility index (Phi) is 5.98. The molecule has 0 aliphatic carbocycles. The smallest absolute Gasteiger partial charge is 0.289 e. The van der Waals surface area contributed by atoms with Crippen molar-refractivity contribution >= 4 is 17.7 Å². The number of carbonyl (C=O) groups excluding carboxylic acids is 1. The van der Waals surface area contributed by atoms with Crippen LogP contribution in [0.25, 0.3) is 0 Å². The normalized spacial score (nSPS) is 18.5. The zero-order valence-electron chi connectivity index (χ0n) is 14.1. The average Bonchev–Trinajstić information content (AvgIpc) is 2.99. The van der Waals surface area contributed by atoms with Gasteiger partial charge in [-0.15, -0.1) is 0 Å². The Morgan fingerprint density at radius 3 is 2.68 bits per heavy atom. The van der Waals surface area contributed by atoms with Gasteiger partial charge in [-0.1, -0.05) is 20.8 Å². The van der Waals surface area contributed by atoms with Gasteiger partial charge in [-0.2, -0.15) is 11.8 Å². The Morgan fingerprint density at radius 2 is 2.14 bits per heavy atom. The van der Waals surface area contributed by atoms with Gasteiger partial charge in [0.1, 0.15) is 0 Å². The van der Waals surface area contributed by atoms with Gasteiger partial charge >= 0.3 is 0 Å². The lowest BCUT2D eigenvalue weighted by Gasteiger charge is -2.34. The molecule has 5 heteroatoms. The highest BCUT2D eigenvalue weighted by molar-refractivity contribution is 8.00. The molecule has 1 aliphatic heterocycles. The Morgan fingerprint density at radius 1 is 1.45 bits per heavy atom. The van der Waals surface area contributed by atoms with Crippen molar-refractivity contribution in [1.82, 2.24) is 10.2 Å². The lowest BCUT2D eigenvalue weighted by molar-refractivity contribution is 0.0671. The van der Waals surface area contributed by atoms with Crippen molar-refractivity contribution in [2.45, 2.75) is 57.4 Å². The number of piperidine rings is 1. The van der Waals surface area contributed by atoms with Crippen LogP contribution >= 0.6 is 11.8 Å². The van der Waals surface area contributed by atoms with Crippen LogP contribution in [0.3, 0.4) is 0 Å². The third kappa shape index (κ3) is 5.36. The van der Waals surface area contributed by atoms with Gasteiger partial charge in [0, 0.05) is 35.7 Å². The summed E-state index contributed by atoms with van der Waals surface area (Å²) in [6.45, 7) is 10.6. The minimum atomic E-state index is 0.0137. The summed E-state index contributed by atoms with van der Waals surface area (Å²) in [4.78, 5) is 14.1. The van der Waals surface area contributed by atoms with Gasteiger partial charge in [0.05, 0.1) is 6.26 Å². The summed E-state index contributed by atoms with van der Waals surface area (Å²) in [6, 6.07) is 4.51. The highest BCUT2D eigenvalue weighted by atomic mass is 32.2. The molecule has 0 bridgehead atoms. The minimum Gasteiger partial charge on any atom is -0.459 e. The molecule has 0 spiro atoms. The van der Waals surface area contributed by atoms with Crippen molar-refractivity contribution in [1.29, 1.82) is 0 Å². The number of likely N-dealkylation sites (tertiary alicyclic amines) is 1. The van der Waals surface area contributed by atoms with E-state index in [1.807, 2.05) is 16.7 Å². The first-order valence-electron chi connectivity index (χ1n) is 8.08. The van der Waals surface area contributed by atoms with Gasteiger partial charge in [-0.3, -0.25) is 4.79 Å². The van der Waals surface area contributed by atoms with Crippen LogP contribution in [0.4, 0.5) is 0 Å². The number of nitrogens with zero attached hydrogens (tertiary/aromatic N) is 1. The molecule has 1 fully saturated rings. The average molecular weight is 324 g/mol. The summed E-state index contributed by atoms with van der Waals surface area (Å²) in [5.41, 5.74) is 0. The van der Waals surface area contributed by atoms with E-state index in [2.05, 4.69) is 33.0 Å². The molecule has 1 amide bonds. The molecule has 0 unspecified atom stereocenters. The van der Waals surface area contributed by atoms with Crippen LogP contribution < -0.4 is 5.32 Å². The van der Waals surface area contributed by atoms with Gasteiger partial charge in [0.15, 0.2) is 5.76 Å². The molecule has 22 heavy (non-hydrogen) atoms. The summed E-state index contributed by atoms with van der Waals surface area (Å²) in [5, 5.41) is 3.70. The van der Waals surface area contributed by atoms with Gasteiger partial charge in [0.25, 0.3) is 5.91 Å². The second-order valence-corrected chi connectivity index (χ2v) is 8.88. The van der Waals surface area contributed by atoms with Crippen LogP contribution in [0.1, 0.15) is 51.1 Å². The highest BCUT2D eigenvalue weighted by Crippen LogP contribution is 2.24. The number of furan rings is 1. The lowest BCUT2D eigenvalue weighted by atomic mass is 10.0. The van der Waals surface area contributed by atoms with Gasteiger partial charge in [0.2, 0.25) is 0 Å². The van der Waals surface area contributed by atoms with E-state index in [4.69, 9.17) is 4.42 Å². The van der Waals surface area contributed by atoms with Crippen molar-refractivity contribution in [2.75, 3.05) is 18.8 Å². The fourth-order valence-corrected chi connectivity index (χ4v) is 3.48. The molecule has 1 N–H and O–H groups in total. The fourth-order valence-electron chi connectivity index (χ4n) is 2.63. The molecular formula is C17H28N2O2S. The van der Waals surface area contributed by atoms with Crippen LogP contribution in [0.15, 0.2) is 22.8 Å². The fraction of sp³-hybridized carbons (Fsp3) is 0.706. The summed E-state index contributed by atoms with van der Waals surface area (Å²) in [6.07, 6.45) is 3.57. The number of hydrogen-bond acceptors (Lipinski definition) is 4. The second-order valence-electron chi connectivity index (χ2n) is 7.03. The molecule has 4 nitrogen and oxygen atoms in total. The summed E-state index contributed by atoms with van der Waals surface area (Å²) in [7, 11) is 0. The van der Waals surface area contributed by atoms with E-state index in [-0.39, 0.29) is 5.91 Å². The Balaban J connectivity index is 1.72. The molecule has 1 aliphatic rings. The monoisotopic (exact) mass is 324 g/mol. The molecule has 0 radical (unpaired) electrons. The Labute approximate surface area is 138 Å². The number of nitrogens with one attached hydrogen (secondary N) is 1. The van der Waals surface area contributed by atoms with Crippen molar-refractivity contribution in [3.63, 3.8) is 0 Å². The maximum Gasteiger partial charge on any atom is 0.289 e. The summed E-state index contributed by atoms with van der Waals surface area (Å²) in [5.74, 6) is 1.58. The van der Waals surface area contributed by atoms with Crippen LogP contribution in [-0.4, -0.2) is 46.5 Å². The summed E-state index contributed by atoms with van der Waals surface area (Å²) >= 11 is 1.99. The molecule has 2 rings (SSSR count). The topological polar surface area (TPSA) is 45.5 Å². The van der Waals surface area contributed by atoms with E-state index < -0.39 is 0 Å². The maximum atomic E-state index is 12.2. The number of carbonyl (C=O) groups is 1. The Bertz CT molecular complexity index is 460. The van der Waals surface area contributed by atoms with Gasteiger partial charge in [-0.05, 0) is 31.9 Å². The van der Waals surface area contributed by atoms with Crippen molar-refractivity contribution in [2.24, 2.45) is 0 Å². The molecule has 1 aromatic rings. The van der Waals surface area contributed by atoms with E-state index in [0.717, 1.165) is 31.7 Å². The standard InChI is InChI=1S/C17H28N2O2S/c1-13(12-22-17(2,3)4)18-14-7-9-19(10-8-14)16(20)15-6-5-11-21-15/h5-6,11,13-14,18H,7-10,12H2,1-4H3/t13-/m1/s1. The molecule has 2 heterocycles. The van der Waals surface area contributed by atoms with Gasteiger partial charge in [-0.25, -0.2) is 0 Å². The van der Waals surface area contributed by atoms with Crippen molar-refractivity contribution < 1.29 is 9.21 Å². The molecule has 1 atom stereocenters.